The van der Waals surface area contributed by atoms with Crippen molar-refractivity contribution in [2.24, 2.45) is 11.8 Å². The molecular weight excluding hydrogens is 406 g/mol. The Balaban J connectivity index is 1.38. The predicted octanol–water partition coefficient (Wildman–Crippen LogP) is 8.06. The van der Waals surface area contributed by atoms with Gasteiger partial charge in [0.05, 0.1) is 5.56 Å². The Morgan fingerprint density at radius 1 is 1.00 bits per heavy atom. The average Bonchev–Trinajstić information content (AvgIpc) is 2.81. The second kappa shape index (κ2) is 12.5. The third-order valence-electron chi connectivity index (χ3n) is 6.41. The number of rotatable bonds is 10. The maximum Gasteiger partial charge on any atom is 0.343 e. The van der Waals surface area contributed by atoms with Gasteiger partial charge in [-0.05, 0) is 80.2 Å². The van der Waals surface area contributed by atoms with E-state index in [0.717, 1.165) is 42.4 Å². The van der Waals surface area contributed by atoms with Crippen molar-refractivity contribution in [1.82, 2.24) is 0 Å². The van der Waals surface area contributed by atoms with Crippen molar-refractivity contribution in [1.29, 1.82) is 0 Å². The molecule has 4 heteroatoms. The molecule has 0 heterocycles. The van der Waals surface area contributed by atoms with Crippen molar-refractivity contribution >= 4 is 5.97 Å². The van der Waals surface area contributed by atoms with Crippen LogP contribution in [0.5, 0.6) is 5.75 Å². The zero-order valence-corrected chi connectivity index (χ0v) is 19.0. The summed E-state index contributed by atoms with van der Waals surface area (Å²) in [5, 5.41) is 0. The van der Waals surface area contributed by atoms with E-state index in [1.165, 1.54) is 57.4 Å². The highest BCUT2D eigenvalue weighted by Gasteiger charge is 2.18. The molecule has 0 amide bonds. The molecule has 2 nitrogen and oxygen atoms in total. The van der Waals surface area contributed by atoms with E-state index in [0.29, 0.717) is 5.56 Å². The molecule has 0 aliphatic heterocycles. The molecule has 0 bridgehead atoms. The number of benzene rings is 2. The second-order valence-corrected chi connectivity index (χ2v) is 8.91. The van der Waals surface area contributed by atoms with Gasteiger partial charge in [0.1, 0.15) is 5.75 Å². The average molecular weight is 441 g/mol. The van der Waals surface area contributed by atoms with Gasteiger partial charge < -0.3 is 4.74 Å². The van der Waals surface area contributed by atoms with E-state index in [2.05, 4.69) is 19.1 Å². The van der Waals surface area contributed by atoms with Crippen molar-refractivity contribution < 1.29 is 18.3 Å². The van der Waals surface area contributed by atoms with Gasteiger partial charge in [-0.25, -0.2) is 13.6 Å². The van der Waals surface area contributed by atoms with Gasteiger partial charge in [0.15, 0.2) is 11.6 Å². The minimum absolute atomic E-state index is 0.0156. The molecule has 0 spiro atoms. The van der Waals surface area contributed by atoms with Crippen molar-refractivity contribution in [2.45, 2.75) is 71.1 Å². The Bertz CT molecular complexity index is 881. The molecular formula is C28H34F2O2. The Labute approximate surface area is 190 Å². The quantitative estimate of drug-likeness (QED) is 0.162. The lowest BCUT2D eigenvalue weighted by atomic mass is 9.79. The van der Waals surface area contributed by atoms with Crippen LogP contribution in [0.4, 0.5) is 8.78 Å². The first kappa shape index (κ1) is 24.2. The Kier molecular flexibility index (Phi) is 9.45. The molecule has 1 fully saturated rings. The molecule has 32 heavy (non-hydrogen) atoms. The van der Waals surface area contributed by atoms with Crippen LogP contribution in [0.2, 0.25) is 0 Å². The predicted molar refractivity (Wildman–Crippen MR) is 125 cm³/mol. The first-order chi connectivity index (χ1) is 15.5. The summed E-state index contributed by atoms with van der Waals surface area (Å²) in [5.41, 5.74) is 1.53. The molecule has 2 aromatic rings. The molecule has 2 aromatic carbocycles. The standard InChI is InChI=1S/C28H34F2O2/c1-2-3-4-7-21-10-12-22(13-11-21)8-5-6-9-23-14-16-24(17-15-23)28(31)32-25-18-19-26(29)27(30)20-25/h5,8,14-22H,2-4,6-7,9-13H2,1H3. The number of esters is 1. The van der Waals surface area contributed by atoms with E-state index in [1.54, 1.807) is 12.1 Å². The number of hydrogen-bond donors (Lipinski definition) is 0. The van der Waals surface area contributed by atoms with E-state index in [9.17, 15) is 13.6 Å². The van der Waals surface area contributed by atoms with Crippen LogP contribution in [0.1, 0.15) is 80.6 Å². The first-order valence-electron chi connectivity index (χ1n) is 12.0. The maximum absolute atomic E-state index is 13.3. The molecule has 0 aromatic heterocycles. The van der Waals surface area contributed by atoms with Crippen molar-refractivity contribution in [3.8, 4) is 5.75 Å². The van der Waals surface area contributed by atoms with Gasteiger partial charge in [0.2, 0.25) is 0 Å². The van der Waals surface area contributed by atoms with E-state index >= 15 is 0 Å². The zero-order valence-electron chi connectivity index (χ0n) is 19.0. The summed E-state index contributed by atoms with van der Waals surface area (Å²) in [6.07, 6.45) is 17.5. The second-order valence-electron chi connectivity index (χ2n) is 8.91. The molecule has 0 radical (unpaired) electrons. The van der Waals surface area contributed by atoms with Crippen LogP contribution in [0.15, 0.2) is 54.6 Å². The minimum Gasteiger partial charge on any atom is -0.423 e. The third kappa shape index (κ3) is 7.58. The van der Waals surface area contributed by atoms with Crippen LogP contribution in [-0.2, 0) is 6.42 Å². The number of hydrogen-bond acceptors (Lipinski definition) is 2. The molecule has 0 saturated heterocycles. The van der Waals surface area contributed by atoms with E-state index in [4.69, 9.17) is 4.74 Å². The van der Waals surface area contributed by atoms with E-state index in [1.807, 2.05) is 12.1 Å². The number of allylic oxidation sites excluding steroid dienone is 2. The van der Waals surface area contributed by atoms with Crippen LogP contribution in [0.3, 0.4) is 0 Å². The van der Waals surface area contributed by atoms with Crippen LogP contribution < -0.4 is 4.74 Å². The van der Waals surface area contributed by atoms with Gasteiger partial charge in [-0.3, -0.25) is 0 Å². The summed E-state index contributed by atoms with van der Waals surface area (Å²) in [7, 11) is 0. The molecule has 1 aliphatic rings. The van der Waals surface area contributed by atoms with Gasteiger partial charge in [0.25, 0.3) is 0 Å². The number of halogens is 2. The van der Waals surface area contributed by atoms with Crippen LogP contribution in [-0.4, -0.2) is 5.97 Å². The summed E-state index contributed by atoms with van der Waals surface area (Å²) in [4.78, 5) is 12.2. The van der Waals surface area contributed by atoms with Gasteiger partial charge >= 0.3 is 5.97 Å². The summed E-state index contributed by atoms with van der Waals surface area (Å²) in [5.74, 6) is -0.952. The maximum atomic E-state index is 13.3. The summed E-state index contributed by atoms with van der Waals surface area (Å²) < 4.78 is 31.4. The van der Waals surface area contributed by atoms with Crippen molar-refractivity contribution in [2.75, 3.05) is 0 Å². The molecule has 0 N–H and O–H groups in total. The minimum atomic E-state index is -1.04. The monoisotopic (exact) mass is 440 g/mol. The topological polar surface area (TPSA) is 26.3 Å². The summed E-state index contributed by atoms with van der Waals surface area (Å²) in [6.45, 7) is 2.27. The lowest BCUT2D eigenvalue weighted by Crippen LogP contribution is -2.13. The van der Waals surface area contributed by atoms with Crippen molar-refractivity contribution in [3.63, 3.8) is 0 Å². The molecule has 3 rings (SSSR count). The highest BCUT2D eigenvalue weighted by Crippen LogP contribution is 2.32. The highest BCUT2D eigenvalue weighted by atomic mass is 19.2. The number of carbonyl (C=O) groups excluding carboxylic acids is 1. The molecule has 0 unspecified atom stereocenters. The summed E-state index contributed by atoms with van der Waals surface area (Å²) >= 11 is 0. The SMILES string of the molecule is CCCCCC1CCC(C=CCCc2ccc(C(=O)Oc3ccc(F)c(F)c3)cc2)CC1. The van der Waals surface area contributed by atoms with Crippen molar-refractivity contribution in [3.05, 3.63) is 77.4 Å². The number of aryl methyl sites for hydroxylation is 1. The Hall–Kier alpha value is -2.49. The Morgan fingerprint density at radius 3 is 2.44 bits per heavy atom. The fraction of sp³-hybridized carbons (Fsp3) is 0.464. The number of carbonyl (C=O) groups is 1. The van der Waals surface area contributed by atoms with Gasteiger partial charge in [-0.1, -0.05) is 56.9 Å². The van der Waals surface area contributed by atoms with Crippen LogP contribution in [0.25, 0.3) is 0 Å². The van der Waals surface area contributed by atoms with Crippen LogP contribution >= 0.6 is 0 Å². The highest BCUT2D eigenvalue weighted by molar-refractivity contribution is 5.91. The first-order valence-corrected chi connectivity index (χ1v) is 12.0. The zero-order chi connectivity index (χ0) is 22.8. The number of ether oxygens (including phenoxy) is 1. The Morgan fingerprint density at radius 2 is 1.75 bits per heavy atom. The normalized spacial score (nSPS) is 18.7. The smallest absolute Gasteiger partial charge is 0.343 e. The molecule has 1 saturated carbocycles. The fourth-order valence-corrected chi connectivity index (χ4v) is 4.40. The van der Waals surface area contributed by atoms with E-state index in [-0.39, 0.29) is 5.75 Å². The van der Waals surface area contributed by atoms with Gasteiger partial charge in [-0.2, -0.15) is 0 Å². The van der Waals surface area contributed by atoms with Crippen LogP contribution in [0, 0.1) is 23.5 Å². The summed E-state index contributed by atoms with van der Waals surface area (Å²) in [6, 6.07) is 10.3. The third-order valence-corrected chi connectivity index (χ3v) is 6.41. The van der Waals surface area contributed by atoms with Gasteiger partial charge in [-0.15, -0.1) is 0 Å². The largest absolute Gasteiger partial charge is 0.423 e. The fourth-order valence-electron chi connectivity index (χ4n) is 4.40. The van der Waals surface area contributed by atoms with Gasteiger partial charge in [0, 0.05) is 6.07 Å². The number of unbranched alkanes of at least 4 members (excludes halogenated alkanes) is 2. The van der Waals surface area contributed by atoms with E-state index < -0.39 is 17.6 Å². The lowest BCUT2D eigenvalue weighted by molar-refractivity contribution is 0.0734. The molecule has 0 atom stereocenters. The molecule has 1 aliphatic carbocycles. The lowest BCUT2D eigenvalue weighted by Gasteiger charge is -2.26. The molecule has 172 valence electrons.